The maximum Gasteiger partial charge on any atom is 0.0552 e. The lowest BCUT2D eigenvalue weighted by molar-refractivity contribution is 1.18. The molecule has 2 heterocycles. The van der Waals surface area contributed by atoms with Gasteiger partial charge in [0.25, 0.3) is 0 Å². The van der Waals surface area contributed by atoms with Crippen LogP contribution < -0.4 is 0 Å². The molecular formula is C40H24BrNS. The van der Waals surface area contributed by atoms with Gasteiger partial charge in [-0.25, -0.2) is 0 Å². The molecule has 0 radical (unpaired) electrons. The van der Waals surface area contributed by atoms with E-state index in [4.69, 9.17) is 0 Å². The third kappa shape index (κ3) is 3.96. The molecule has 7 aromatic carbocycles. The Morgan fingerprint density at radius 3 is 1.98 bits per heavy atom. The average Bonchev–Trinajstić information content (AvgIpc) is 3.59. The molecule has 2 aromatic heterocycles. The second kappa shape index (κ2) is 9.67. The molecule has 43 heavy (non-hydrogen) atoms. The Kier molecular flexibility index (Phi) is 5.59. The van der Waals surface area contributed by atoms with Gasteiger partial charge in [0.05, 0.1) is 11.0 Å². The second-order valence-corrected chi connectivity index (χ2v) is 13.1. The van der Waals surface area contributed by atoms with Crippen LogP contribution in [0.3, 0.4) is 0 Å². The fourth-order valence-electron chi connectivity index (χ4n) is 6.62. The molecule has 202 valence electrons. The van der Waals surface area contributed by atoms with Crippen molar-refractivity contribution in [3.63, 3.8) is 0 Å². The van der Waals surface area contributed by atoms with Crippen LogP contribution in [0, 0.1) is 0 Å². The number of halogens is 1. The number of rotatable bonds is 3. The number of nitrogens with zero attached hydrogens (tertiary/aromatic N) is 1. The molecule has 9 rings (SSSR count). The number of hydrogen-bond donors (Lipinski definition) is 0. The number of fused-ring (bicyclic) bond motifs is 7. The quantitative estimate of drug-likeness (QED) is 0.183. The SMILES string of the molecule is Brc1ccc2c3ccc(-c4cccc5ccccc45)cc3n(-c3ccc(-c4ccc5c(c4)sc4ccccc45)cc3)c2c1. The zero-order valence-corrected chi connectivity index (χ0v) is 25.5. The van der Waals surface area contributed by atoms with Crippen molar-refractivity contribution in [2.45, 2.75) is 0 Å². The van der Waals surface area contributed by atoms with Crippen molar-refractivity contribution in [1.82, 2.24) is 4.57 Å². The smallest absolute Gasteiger partial charge is 0.0552 e. The van der Waals surface area contributed by atoms with Gasteiger partial charge in [-0.05, 0) is 75.5 Å². The zero-order chi connectivity index (χ0) is 28.5. The zero-order valence-electron chi connectivity index (χ0n) is 23.1. The normalized spacial score (nSPS) is 11.8. The molecule has 0 spiro atoms. The van der Waals surface area contributed by atoms with Crippen LogP contribution in [0.15, 0.2) is 150 Å². The second-order valence-electron chi connectivity index (χ2n) is 11.1. The van der Waals surface area contributed by atoms with Gasteiger partial charge in [-0.1, -0.05) is 119 Å². The largest absolute Gasteiger partial charge is 0.309 e. The molecule has 0 saturated heterocycles. The highest BCUT2D eigenvalue weighted by Crippen LogP contribution is 2.39. The third-order valence-electron chi connectivity index (χ3n) is 8.67. The number of hydrogen-bond acceptors (Lipinski definition) is 1. The maximum atomic E-state index is 3.74. The first-order chi connectivity index (χ1) is 21.2. The summed E-state index contributed by atoms with van der Waals surface area (Å²) in [4.78, 5) is 0. The summed E-state index contributed by atoms with van der Waals surface area (Å²) in [5, 5.41) is 7.71. The van der Waals surface area contributed by atoms with Crippen molar-refractivity contribution in [2.75, 3.05) is 0 Å². The standard InChI is InChI=1S/C40H24BrNS/c41-29-16-21-34-33-19-15-28(32-10-5-7-26-6-1-2-8-31(26)32)22-37(33)42(38(34)24-29)30-17-12-25(13-18-30)27-14-20-36-35-9-3-4-11-39(35)43-40(36)23-27/h1-24H. The highest BCUT2D eigenvalue weighted by atomic mass is 79.9. The summed E-state index contributed by atoms with van der Waals surface area (Å²) in [6.07, 6.45) is 0. The minimum absolute atomic E-state index is 1.08. The maximum absolute atomic E-state index is 3.74. The predicted molar refractivity (Wildman–Crippen MR) is 190 cm³/mol. The van der Waals surface area contributed by atoms with Gasteiger partial charge in [-0.2, -0.15) is 0 Å². The van der Waals surface area contributed by atoms with Crippen LogP contribution in [-0.2, 0) is 0 Å². The molecular weight excluding hydrogens is 606 g/mol. The molecule has 3 heteroatoms. The van der Waals surface area contributed by atoms with Gasteiger partial charge in [0, 0.05) is 41.1 Å². The predicted octanol–water partition coefficient (Wildman–Crippen LogP) is 12.4. The minimum Gasteiger partial charge on any atom is -0.309 e. The van der Waals surface area contributed by atoms with Gasteiger partial charge >= 0.3 is 0 Å². The number of benzene rings is 7. The molecule has 0 saturated carbocycles. The summed E-state index contributed by atoms with van der Waals surface area (Å²) >= 11 is 5.60. The molecule has 0 N–H and O–H groups in total. The van der Waals surface area contributed by atoms with Crippen molar-refractivity contribution in [2.24, 2.45) is 0 Å². The topological polar surface area (TPSA) is 4.93 Å². The van der Waals surface area contributed by atoms with Gasteiger partial charge < -0.3 is 4.57 Å². The highest BCUT2D eigenvalue weighted by Gasteiger charge is 2.15. The Hall–Kier alpha value is -4.70. The Morgan fingerprint density at radius 2 is 1.09 bits per heavy atom. The van der Waals surface area contributed by atoms with Crippen molar-refractivity contribution >= 4 is 80.0 Å². The van der Waals surface area contributed by atoms with Crippen LogP contribution in [0.1, 0.15) is 0 Å². The molecule has 9 aromatic rings. The fourth-order valence-corrected chi connectivity index (χ4v) is 8.12. The van der Waals surface area contributed by atoms with E-state index in [-0.39, 0.29) is 0 Å². The summed E-state index contributed by atoms with van der Waals surface area (Å²) in [6.45, 7) is 0. The monoisotopic (exact) mass is 629 g/mol. The fraction of sp³-hybridized carbons (Fsp3) is 0. The highest BCUT2D eigenvalue weighted by molar-refractivity contribution is 9.10. The Balaban J connectivity index is 1.21. The molecule has 1 nitrogen and oxygen atoms in total. The molecule has 0 fully saturated rings. The van der Waals surface area contributed by atoms with Crippen LogP contribution in [0.2, 0.25) is 0 Å². The third-order valence-corrected chi connectivity index (χ3v) is 10.3. The lowest BCUT2D eigenvalue weighted by atomic mass is 9.97. The molecule has 0 atom stereocenters. The van der Waals surface area contributed by atoms with E-state index in [1.165, 1.54) is 75.0 Å². The molecule has 0 unspecified atom stereocenters. The molecule has 0 aliphatic carbocycles. The van der Waals surface area contributed by atoms with Gasteiger partial charge in [0.15, 0.2) is 0 Å². The first-order valence-corrected chi connectivity index (χ1v) is 16.1. The average molecular weight is 631 g/mol. The van der Waals surface area contributed by atoms with E-state index in [2.05, 4.69) is 166 Å². The van der Waals surface area contributed by atoms with Crippen LogP contribution in [-0.4, -0.2) is 4.57 Å². The van der Waals surface area contributed by atoms with E-state index in [9.17, 15) is 0 Å². The Bertz CT molecular complexity index is 2510. The first kappa shape index (κ1) is 24.9. The van der Waals surface area contributed by atoms with E-state index in [1.807, 2.05) is 11.3 Å². The van der Waals surface area contributed by atoms with E-state index in [0.29, 0.717) is 0 Å². The Labute approximate surface area is 261 Å². The van der Waals surface area contributed by atoms with Crippen LogP contribution in [0.25, 0.3) is 80.7 Å². The van der Waals surface area contributed by atoms with Crippen molar-refractivity contribution in [3.05, 3.63) is 150 Å². The van der Waals surface area contributed by atoms with E-state index < -0.39 is 0 Å². The van der Waals surface area contributed by atoms with Crippen molar-refractivity contribution < 1.29 is 0 Å². The molecule has 0 amide bonds. The molecule has 0 aliphatic rings. The summed E-state index contributed by atoms with van der Waals surface area (Å²) in [6, 6.07) is 53.3. The Morgan fingerprint density at radius 1 is 0.442 bits per heavy atom. The summed E-state index contributed by atoms with van der Waals surface area (Å²) in [5.41, 5.74) is 8.50. The first-order valence-electron chi connectivity index (χ1n) is 14.5. The number of aromatic nitrogens is 1. The van der Waals surface area contributed by atoms with Gasteiger partial charge in [0.1, 0.15) is 0 Å². The molecule has 0 aliphatic heterocycles. The lowest BCUT2D eigenvalue weighted by Gasteiger charge is -2.11. The summed E-state index contributed by atoms with van der Waals surface area (Å²) in [5.74, 6) is 0. The number of thiophene rings is 1. The van der Waals surface area contributed by atoms with Crippen molar-refractivity contribution in [3.8, 4) is 27.9 Å². The van der Waals surface area contributed by atoms with E-state index >= 15 is 0 Å². The van der Waals surface area contributed by atoms with Crippen molar-refractivity contribution in [1.29, 1.82) is 0 Å². The van der Waals surface area contributed by atoms with Gasteiger partial charge in [-0.3, -0.25) is 0 Å². The summed E-state index contributed by atoms with van der Waals surface area (Å²) in [7, 11) is 0. The van der Waals surface area contributed by atoms with Crippen LogP contribution >= 0.6 is 27.3 Å². The minimum atomic E-state index is 1.08. The van der Waals surface area contributed by atoms with E-state index in [1.54, 1.807) is 0 Å². The lowest BCUT2D eigenvalue weighted by Crippen LogP contribution is -1.94. The summed E-state index contributed by atoms with van der Waals surface area (Å²) < 4.78 is 6.15. The van der Waals surface area contributed by atoms with Crippen LogP contribution in [0.5, 0.6) is 0 Å². The van der Waals surface area contributed by atoms with E-state index in [0.717, 1.165) is 10.2 Å². The van der Waals surface area contributed by atoms with Gasteiger partial charge in [-0.15, -0.1) is 11.3 Å². The van der Waals surface area contributed by atoms with Crippen LogP contribution in [0.4, 0.5) is 0 Å². The molecule has 0 bridgehead atoms. The van der Waals surface area contributed by atoms with Gasteiger partial charge in [0.2, 0.25) is 0 Å².